The number of aryl methyl sites for hydroxylation is 2. The van der Waals surface area contributed by atoms with Gasteiger partial charge in [-0.3, -0.25) is 14.7 Å². The van der Waals surface area contributed by atoms with Gasteiger partial charge in [0, 0.05) is 28.4 Å². The molecule has 0 aliphatic carbocycles. The van der Waals surface area contributed by atoms with Crippen molar-refractivity contribution >= 4 is 28.0 Å². The Balaban J connectivity index is 1.56. The van der Waals surface area contributed by atoms with Crippen molar-refractivity contribution in [1.82, 2.24) is 19.6 Å². The average molecular weight is 415 g/mol. The van der Waals surface area contributed by atoms with Gasteiger partial charge < -0.3 is 5.32 Å². The summed E-state index contributed by atoms with van der Waals surface area (Å²) in [6.45, 7) is 3.54. The van der Waals surface area contributed by atoms with Crippen LogP contribution >= 0.6 is 11.3 Å². The maximum Gasteiger partial charge on any atom is 0.266 e. The number of nitrogens with one attached hydrogen (secondary N) is 2. The second kappa shape index (κ2) is 7.21. The topological polar surface area (TPSA) is 92.1 Å². The molecule has 0 aliphatic heterocycles. The van der Waals surface area contributed by atoms with Crippen molar-refractivity contribution in [3.8, 4) is 11.3 Å². The number of aromatic amines is 1. The number of nitrogens with zero attached hydrogens (tertiary/aromatic N) is 3. The maximum atomic E-state index is 13.9. The van der Waals surface area contributed by atoms with E-state index in [2.05, 4.69) is 20.4 Å². The fraction of sp³-hybridized carbons (Fsp3) is 0.158. The fourth-order valence-corrected chi connectivity index (χ4v) is 3.84. The number of aromatic nitrogens is 4. The van der Waals surface area contributed by atoms with Gasteiger partial charge in [0.05, 0.1) is 17.7 Å². The largest absolute Gasteiger partial charge is 0.302 e. The Morgan fingerprint density at radius 1 is 1.24 bits per heavy atom. The highest BCUT2D eigenvalue weighted by Crippen LogP contribution is 2.29. The Hall–Kier alpha value is -3.40. The molecule has 7 nitrogen and oxygen atoms in total. The van der Waals surface area contributed by atoms with Crippen LogP contribution in [0, 0.1) is 25.5 Å². The number of hydrogen-bond acceptors (Lipinski definition) is 5. The first-order valence-electron chi connectivity index (χ1n) is 8.61. The minimum Gasteiger partial charge on any atom is -0.302 e. The summed E-state index contributed by atoms with van der Waals surface area (Å²) < 4.78 is 29.4. The van der Waals surface area contributed by atoms with Gasteiger partial charge in [0.25, 0.3) is 5.56 Å². The van der Waals surface area contributed by atoms with Crippen LogP contribution in [0.1, 0.15) is 17.0 Å². The van der Waals surface area contributed by atoms with Gasteiger partial charge in [-0.2, -0.15) is 0 Å². The summed E-state index contributed by atoms with van der Waals surface area (Å²) in [5.74, 6) is -1.80. The van der Waals surface area contributed by atoms with E-state index in [4.69, 9.17) is 0 Å². The molecule has 0 spiro atoms. The van der Waals surface area contributed by atoms with Gasteiger partial charge in [0.2, 0.25) is 5.91 Å². The quantitative estimate of drug-likeness (QED) is 0.535. The van der Waals surface area contributed by atoms with Crippen LogP contribution in [0.2, 0.25) is 0 Å². The standard InChI is InChI=1S/C19H15F2N5O2S/c1-9-11(10(2)26-15(22-9)7-17(28)25-26)6-16(27)24-19-23-14(8-29-19)18-12(20)4-3-5-13(18)21/h3-5,7-8H,6H2,1-2H3,(H,25,28)(H,23,24,27). The van der Waals surface area contributed by atoms with Crippen molar-refractivity contribution < 1.29 is 13.6 Å². The smallest absolute Gasteiger partial charge is 0.266 e. The van der Waals surface area contributed by atoms with Crippen molar-refractivity contribution in [2.75, 3.05) is 5.32 Å². The number of H-pyrrole nitrogens is 1. The van der Waals surface area contributed by atoms with Gasteiger partial charge >= 0.3 is 0 Å². The highest BCUT2D eigenvalue weighted by molar-refractivity contribution is 7.14. The molecule has 1 aromatic carbocycles. The first-order chi connectivity index (χ1) is 13.8. The Labute approximate surface area is 167 Å². The third kappa shape index (κ3) is 3.54. The lowest BCUT2D eigenvalue weighted by atomic mass is 10.1. The van der Waals surface area contributed by atoms with Crippen LogP contribution in [0.25, 0.3) is 16.9 Å². The number of benzene rings is 1. The molecule has 0 bridgehead atoms. The Morgan fingerprint density at radius 3 is 2.69 bits per heavy atom. The molecule has 0 atom stereocenters. The number of rotatable bonds is 4. The fourth-order valence-electron chi connectivity index (χ4n) is 3.12. The number of hydrogen-bond donors (Lipinski definition) is 2. The second-order valence-electron chi connectivity index (χ2n) is 6.43. The first kappa shape index (κ1) is 18.9. The van der Waals surface area contributed by atoms with Gasteiger partial charge in [0.15, 0.2) is 10.8 Å². The lowest BCUT2D eigenvalue weighted by Crippen LogP contribution is -2.17. The molecular formula is C19H15F2N5O2S. The van der Waals surface area contributed by atoms with E-state index in [9.17, 15) is 18.4 Å². The number of carbonyl (C=O) groups is 1. The molecule has 10 heteroatoms. The number of anilines is 1. The van der Waals surface area contributed by atoms with Crippen LogP contribution in [-0.4, -0.2) is 25.5 Å². The number of fused-ring (bicyclic) bond motifs is 1. The second-order valence-corrected chi connectivity index (χ2v) is 7.29. The molecule has 3 aromatic heterocycles. The third-order valence-electron chi connectivity index (χ3n) is 4.51. The van der Waals surface area contributed by atoms with Crippen LogP contribution in [0.5, 0.6) is 0 Å². The first-order valence-corrected chi connectivity index (χ1v) is 9.49. The average Bonchev–Trinajstić information content (AvgIpc) is 3.25. The van der Waals surface area contributed by atoms with Crippen LogP contribution in [-0.2, 0) is 11.2 Å². The van der Waals surface area contributed by atoms with E-state index in [0.717, 1.165) is 23.5 Å². The van der Waals surface area contributed by atoms with Gasteiger partial charge in [-0.15, -0.1) is 11.3 Å². The van der Waals surface area contributed by atoms with Gasteiger partial charge in [-0.1, -0.05) is 6.07 Å². The highest BCUT2D eigenvalue weighted by atomic mass is 32.1. The minimum atomic E-state index is -0.723. The van der Waals surface area contributed by atoms with Gasteiger partial charge in [-0.25, -0.2) is 23.3 Å². The van der Waals surface area contributed by atoms with Crippen molar-refractivity contribution in [1.29, 1.82) is 0 Å². The molecule has 4 rings (SSSR count). The maximum absolute atomic E-state index is 13.9. The zero-order valence-electron chi connectivity index (χ0n) is 15.4. The van der Waals surface area contributed by atoms with E-state index in [-0.39, 0.29) is 34.3 Å². The Morgan fingerprint density at radius 2 is 1.97 bits per heavy atom. The number of thiazole rings is 1. The molecule has 2 N–H and O–H groups in total. The summed E-state index contributed by atoms with van der Waals surface area (Å²) >= 11 is 1.07. The van der Waals surface area contributed by atoms with Crippen LogP contribution in [0.15, 0.2) is 34.4 Å². The van der Waals surface area contributed by atoms with E-state index in [0.29, 0.717) is 22.6 Å². The molecular weight excluding hydrogens is 400 g/mol. The van der Waals surface area contributed by atoms with Crippen LogP contribution < -0.4 is 10.9 Å². The molecule has 0 saturated carbocycles. The SMILES string of the molecule is Cc1nc2cc(=O)[nH]n2c(C)c1CC(=O)Nc1nc(-c2c(F)cccc2F)cs1. The molecule has 1 amide bonds. The summed E-state index contributed by atoms with van der Waals surface area (Å²) in [7, 11) is 0. The Kier molecular flexibility index (Phi) is 4.71. The van der Waals surface area contributed by atoms with Crippen molar-refractivity contribution in [3.63, 3.8) is 0 Å². The summed E-state index contributed by atoms with van der Waals surface area (Å²) in [5.41, 5.74) is 2.06. The molecule has 0 saturated heterocycles. The molecule has 0 unspecified atom stereocenters. The lowest BCUT2D eigenvalue weighted by Gasteiger charge is -2.11. The summed E-state index contributed by atoms with van der Waals surface area (Å²) in [5, 5.41) is 6.98. The Bertz CT molecular complexity index is 1290. The summed E-state index contributed by atoms with van der Waals surface area (Å²) in [6, 6.07) is 4.95. The van der Waals surface area contributed by atoms with Gasteiger partial charge in [0.1, 0.15) is 11.6 Å². The molecule has 148 valence electrons. The molecule has 0 fully saturated rings. The zero-order valence-corrected chi connectivity index (χ0v) is 16.2. The van der Waals surface area contributed by atoms with E-state index >= 15 is 0 Å². The molecule has 29 heavy (non-hydrogen) atoms. The molecule has 0 radical (unpaired) electrons. The van der Waals surface area contributed by atoms with Crippen molar-refractivity contribution in [2.24, 2.45) is 0 Å². The predicted molar refractivity (Wildman–Crippen MR) is 105 cm³/mol. The molecule has 3 heterocycles. The number of carbonyl (C=O) groups excluding carboxylic acids is 1. The normalized spacial score (nSPS) is 11.2. The lowest BCUT2D eigenvalue weighted by molar-refractivity contribution is -0.115. The predicted octanol–water partition coefficient (Wildman–Crippen LogP) is 3.22. The molecule has 4 aromatic rings. The van der Waals surface area contributed by atoms with Crippen LogP contribution in [0.4, 0.5) is 13.9 Å². The third-order valence-corrected chi connectivity index (χ3v) is 5.27. The minimum absolute atomic E-state index is 0.00376. The van der Waals surface area contributed by atoms with E-state index in [1.807, 2.05) is 0 Å². The summed E-state index contributed by atoms with van der Waals surface area (Å²) in [6.07, 6.45) is 0.00376. The van der Waals surface area contributed by atoms with E-state index in [1.165, 1.54) is 22.0 Å². The van der Waals surface area contributed by atoms with Gasteiger partial charge in [-0.05, 0) is 26.0 Å². The van der Waals surface area contributed by atoms with Crippen LogP contribution in [0.3, 0.4) is 0 Å². The monoisotopic (exact) mass is 415 g/mol. The zero-order chi connectivity index (χ0) is 20.7. The van der Waals surface area contributed by atoms with E-state index in [1.54, 1.807) is 13.8 Å². The number of amides is 1. The van der Waals surface area contributed by atoms with Crippen molar-refractivity contribution in [3.05, 3.63) is 68.6 Å². The highest BCUT2D eigenvalue weighted by Gasteiger charge is 2.17. The van der Waals surface area contributed by atoms with Crippen molar-refractivity contribution in [2.45, 2.75) is 20.3 Å². The molecule has 0 aliphatic rings. The summed E-state index contributed by atoms with van der Waals surface area (Å²) in [4.78, 5) is 32.5. The number of halogens is 2. The van der Waals surface area contributed by atoms with E-state index < -0.39 is 11.6 Å².